The Kier molecular flexibility index (Phi) is 63.9. The van der Waals surface area contributed by atoms with Gasteiger partial charge in [0.1, 0.15) is 13.2 Å². The summed E-state index contributed by atoms with van der Waals surface area (Å²) >= 11 is 0. The minimum Gasteiger partial charge on any atom is -0.462 e. The largest absolute Gasteiger partial charge is 0.462 e. The fourth-order valence-corrected chi connectivity index (χ4v) is 8.92. The minimum absolute atomic E-state index is 0.0936. The molecule has 0 saturated carbocycles. The number of hydrogen-bond donors (Lipinski definition) is 0. The molecule has 0 aromatic heterocycles. The fourth-order valence-electron chi connectivity index (χ4n) is 8.92. The third-order valence-corrected chi connectivity index (χ3v) is 13.8. The van der Waals surface area contributed by atoms with Crippen molar-refractivity contribution in [2.45, 2.75) is 297 Å². The Labute approximate surface area is 499 Å². The lowest BCUT2D eigenvalue weighted by Gasteiger charge is -2.18. The highest BCUT2D eigenvalue weighted by atomic mass is 16.6. The molecule has 458 valence electrons. The first kappa shape index (κ1) is 76.3. The highest BCUT2D eigenvalue weighted by Gasteiger charge is 2.19. The molecule has 0 aliphatic rings. The van der Waals surface area contributed by atoms with E-state index in [1.54, 1.807) is 0 Å². The number of hydrogen-bond acceptors (Lipinski definition) is 6. The highest BCUT2D eigenvalue weighted by Crippen LogP contribution is 2.16. The molecule has 81 heavy (non-hydrogen) atoms. The van der Waals surface area contributed by atoms with Crippen molar-refractivity contribution in [3.8, 4) is 0 Å². The molecule has 0 radical (unpaired) electrons. The van der Waals surface area contributed by atoms with Gasteiger partial charge in [-0.25, -0.2) is 0 Å². The molecule has 0 bridgehead atoms. The van der Waals surface area contributed by atoms with E-state index in [2.05, 4.69) is 167 Å². The van der Waals surface area contributed by atoms with Gasteiger partial charge in [-0.2, -0.15) is 0 Å². The van der Waals surface area contributed by atoms with Crippen LogP contribution in [-0.4, -0.2) is 37.2 Å². The number of carbonyl (C=O) groups excluding carboxylic acids is 3. The van der Waals surface area contributed by atoms with Crippen LogP contribution in [0.5, 0.6) is 0 Å². The summed E-state index contributed by atoms with van der Waals surface area (Å²) in [7, 11) is 0. The number of carbonyl (C=O) groups is 3. The van der Waals surface area contributed by atoms with E-state index >= 15 is 0 Å². The van der Waals surface area contributed by atoms with E-state index in [-0.39, 0.29) is 31.1 Å². The maximum absolute atomic E-state index is 12.9. The quantitative estimate of drug-likeness (QED) is 0.0261. The van der Waals surface area contributed by atoms with E-state index in [9.17, 15) is 14.4 Å². The molecule has 0 saturated heterocycles. The Morgan fingerprint density at radius 3 is 0.753 bits per heavy atom. The number of esters is 3. The summed E-state index contributed by atoms with van der Waals surface area (Å²) in [5.74, 6) is -0.924. The molecule has 0 rings (SSSR count). The van der Waals surface area contributed by atoms with Crippen LogP contribution in [0, 0.1) is 0 Å². The Hall–Kier alpha value is -4.71. The first-order valence-corrected chi connectivity index (χ1v) is 33.3. The summed E-state index contributed by atoms with van der Waals surface area (Å²) < 4.78 is 16.9. The number of unbranched alkanes of at least 4 members (excludes halogenated alkanes) is 24. The molecule has 6 nitrogen and oxygen atoms in total. The topological polar surface area (TPSA) is 78.9 Å². The molecule has 0 fully saturated rings. The molecule has 0 heterocycles. The van der Waals surface area contributed by atoms with Gasteiger partial charge in [-0.1, -0.05) is 295 Å². The van der Waals surface area contributed by atoms with Crippen LogP contribution < -0.4 is 0 Å². The summed E-state index contributed by atoms with van der Waals surface area (Å²) in [4.78, 5) is 38.4. The van der Waals surface area contributed by atoms with E-state index < -0.39 is 6.10 Å². The Bertz CT molecular complexity index is 1760. The number of rotatable bonds is 59. The lowest BCUT2D eigenvalue weighted by Crippen LogP contribution is -2.30. The van der Waals surface area contributed by atoms with Gasteiger partial charge in [0.15, 0.2) is 6.10 Å². The van der Waals surface area contributed by atoms with Gasteiger partial charge in [0.25, 0.3) is 0 Å². The van der Waals surface area contributed by atoms with Gasteiger partial charge < -0.3 is 14.2 Å². The molecule has 1 atom stereocenters. The Morgan fingerprint density at radius 1 is 0.259 bits per heavy atom. The molecule has 0 aromatic rings. The monoisotopic (exact) mass is 1120 g/mol. The van der Waals surface area contributed by atoms with Gasteiger partial charge in [-0.05, 0) is 122 Å². The molecular weight excluding hydrogens is 997 g/mol. The number of allylic oxidation sites excluding steroid dienone is 24. The van der Waals surface area contributed by atoms with Gasteiger partial charge >= 0.3 is 17.9 Å². The van der Waals surface area contributed by atoms with Crippen LogP contribution >= 0.6 is 0 Å². The zero-order valence-corrected chi connectivity index (χ0v) is 52.5. The summed E-state index contributed by atoms with van der Waals surface area (Å²) in [6.07, 6.45) is 97.1. The van der Waals surface area contributed by atoms with Crippen molar-refractivity contribution in [1.29, 1.82) is 0 Å². The first-order chi connectivity index (χ1) is 40.0. The van der Waals surface area contributed by atoms with E-state index in [1.165, 1.54) is 96.3 Å². The molecular formula is C75H122O6. The second-order valence-electron chi connectivity index (χ2n) is 21.6. The van der Waals surface area contributed by atoms with Crippen LogP contribution in [0.1, 0.15) is 290 Å². The van der Waals surface area contributed by atoms with Crippen molar-refractivity contribution in [2.24, 2.45) is 0 Å². The van der Waals surface area contributed by atoms with Crippen molar-refractivity contribution < 1.29 is 28.6 Å². The SMILES string of the molecule is CC/C=C\C/C=C\C/C=C\C/C=C\C/C=C\C/C=C\CCCCCCCCCCC(=O)OCC(COC(=O)CCCCCCCCCCCCCCC)OC(=O)CCCCCC/C=C\C/C=C\C/C=C\C/C=C\C/C=C\C/C=C\CC. The van der Waals surface area contributed by atoms with Crippen molar-refractivity contribution in [2.75, 3.05) is 13.2 Å². The lowest BCUT2D eigenvalue weighted by molar-refractivity contribution is -0.167. The normalized spacial score (nSPS) is 13.1. The van der Waals surface area contributed by atoms with Crippen molar-refractivity contribution >= 4 is 17.9 Å². The van der Waals surface area contributed by atoms with Crippen molar-refractivity contribution in [1.82, 2.24) is 0 Å². The summed E-state index contributed by atoms with van der Waals surface area (Å²) in [5, 5.41) is 0. The molecule has 0 spiro atoms. The van der Waals surface area contributed by atoms with Crippen molar-refractivity contribution in [3.05, 3.63) is 146 Å². The first-order valence-electron chi connectivity index (χ1n) is 33.3. The van der Waals surface area contributed by atoms with E-state index in [0.717, 1.165) is 154 Å². The fraction of sp³-hybridized carbons (Fsp3) is 0.640. The average molecular weight is 1120 g/mol. The molecule has 0 amide bonds. The highest BCUT2D eigenvalue weighted by molar-refractivity contribution is 5.71. The van der Waals surface area contributed by atoms with Gasteiger partial charge in [0.2, 0.25) is 0 Å². The average Bonchev–Trinajstić information content (AvgIpc) is 3.46. The maximum Gasteiger partial charge on any atom is 0.306 e. The van der Waals surface area contributed by atoms with E-state index in [0.29, 0.717) is 19.3 Å². The zero-order valence-electron chi connectivity index (χ0n) is 52.5. The molecule has 1 unspecified atom stereocenters. The second-order valence-corrected chi connectivity index (χ2v) is 21.6. The van der Waals surface area contributed by atoms with Crippen LogP contribution in [0.15, 0.2) is 146 Å². The lowest BCUT2D eigenvalue weighted by atomic mass is 10.0. The number of ether oxygens (including phenoxy) is 3. The Morgan fingerprint density at radius 2 is 0.481 bits per heavy atom. The third kappa shape index (κ3) is 66.0. The Balaban J connectivity index is 4.41. The molecule has 6 heteroatoms. The third-order valence-electron chi connectivity index (χ3n) is 13.8. The minimum atomic E-state index is -0.801. The predicted molar refractivity (Wildman–Crippen MR) is 352 cm³/mol. The maximum atomic E-state index is 12.9. The van der Waals surface area contributed by atoms with Crippen LogP contribution in [0.2, 0.25) is 0 Å². The van der Waals surface area contributed by atoms with Crippen LogP contribution in [-0.2, 0) is 28.6 Å². The smallest absolute Gasteiger partial charge is 0.306 e. The van der Waals surface area contributed by atoms with Gasteiger partial charge in [0, 0.05) is 19.3 Å². The van der Waals surface area contributed by atoms with Crippen molar-refractivity contribution in [3.63, 3.8) is 0 Å². The van der Waals surface area contributed by atoms with Gasteiger partial charge in [0.05, 0.1) is 0 Å². The van der Waals surface area contributed by atoms with Gasteiger partial charge in [-0.3, -0.25) is 14.4 Å². The predicted octanol–water partition coefficient (Wildman–Crippen LogP) is 23.1. The van der Waals surface area contributed by atoms with E-state index in [4.69, 9.17) is 14.2 Å². The summed E-state index contributed by atoms with van der Waals surface area (Å²) in [5.41, 5.74) is 0. The molecule has 0 aliphatic heterocycles. The van der Waals surface area contributed by atoms with E-state index in [1.807, 2.05) is 0 Å². The summed E-state index contributed by atoms with van der Waals surface area (Å²) in [6, 6.07) is 0. The second kappa shape index (κ2) is 67.8. The summed E-state index contributed by atoms with van der Waals surface area (Å²) in [6.45, 7) is 6.40. The van der Waals surface area contributed by atoms with Crippen LogP contribution in [0.3, 0.4) is 0 Å². The molecule has 0 aliphatic carbocycles. The zero-order chi connectivity index (χ0) is 58.5. The standard InChI is InChI=1S/C75H122O6/c1-4-7-10-13-16-19-22-25-27-29-31-33-35-36-37-38-40-41-43-45-47-50-53-56-59-62-65-68-74(77)80-71-72(70-79-73(76)67-64-61-58-55-52-49-24-21-18-15-12-9-6-3)81-75(78)69-66-63-60-57-54-51-48-46-44-42-39-34-32-30-28-26-23-20-17-14-11-8-5-2/h7-8,10-11,16-17,19-20,25-28,31-34,36-37,40-42,44,48,51,72H,4-6,9,12-15,18,21-24,29-30,35,38-39,43,45-47,49-50,52-71H2,1-3H3/b10-7-,11-8-,19-16-,20-17-,27-25-,28-26-,33-31-,34-32-,37-36-,41-40-,44-42-,51-48-. The molecule has 0 N–H and O–H groups in total. The van der Waals surface area contributed by atoms with Crippen LogP contribution in [0.25, 0.3) is 0 Å². The molecule has 0 aromatic carbocycles. The van der Waals surface area contributed by atoms with Gasteiger partial charge in [-0.15, -0.1) is 0 Å². The van der Waals surface area contributed by atoms with Crippen LogP contribution in [0.4, 0.5) is 0 Å².